The average molecular weight is 573 g/mol. The van der Waals surface area contributed by atoms with E-state index in [2.05, 4.69) is 98.1 Å². The molecule has 1 atom stereocenters. The third-order valence-electron chi connectivity index (χ3n) is 8.44. The van der Waals surface area contributed by atoms with E-state index in [4.69, 9.17) is 9.47 Å². The minimum atomic E-state index is -0.690. The highest BCUT2D eigenvalue weighted by molar-refractivity contribution is 6.06. The molecule has 0 saturated carbocycles. The SMILES string of the molecule is C=CC(=O)Oc1ccc(C2(c3ccc(OCC(=C)C=O)cc3)c3cc4ccccc4cc3-c3c2ccc2ccccc32)cc1. The molecule has 4 nitrogen and oxygen atoms in total. The van der Waals surface area contributed by atoms with Crippen molar-refractivity contribution in [1.82, 2.24) is 0 Å². The number of carbonyl (C=O) groups is 2. The van der Waals surface area contributed by atoms with Gasteiger partial charge < -0.3 is 9.47 Å². The van der Waals surface area contributed by atoms with Gasteiger partial charge in [0.1, 0.15) is 24.4 Å². The standard InChI is InChI=1S/C40H28O4/c1-3-38(42)44-33-19-15-31(16-20-33)40(30-13-17-32(18-14-30)43-25-26(2)24-41)36-21-12-27-8-6-7-11-34(27)39(36)35-22-28-9-4-5-10-29(28)23-37(35)40/h3-24H,1-2,25H2. The van der Waals surface area contributed by atoms with Crippen LogP contribution in [-0.2, 0) is 15.0 Å². The van der Waals surface area contributed by atoms with Crippen LogP contribution in [-0.4, -0.2) is 18.9 Å². The van der Waals surface area contributed by atoms with Crippen molar-refractivity contribution in [2.24, 2.45) is 0 Å². The second kappa shape index (κ2) is 10.8. The van der Waals surface area contributed by atoms with Crippen LogP contribution in [0.2, 0.25) is 0 Å². The number of hydrogen-bond donors (Lipinski definition) is 0. The van der Waals surface area contributed by atoms with E-state index in [1.54, 1.807) is 0 Å². The van der Waals surface area contributed by atoms with E-state index in [1.165, 1.54) is 38.4 Å². The predicted molar refractivity (Wildman–Crippen MR) is 175 cm³/mol. The Morgan fingerprint density at radius 3 is 1.98 bits per heavy atom. The maximum atomic E-state index is 12.0. The first kappa shape index (κ1) is 27.1. The fraction of sp³-hybridized carbons (Fsp3) is 0.0500. The molecule has 1 aliphatic rings. The summed E-state index contributed by atoms with van der Waals surface area (Å²) in [4.78, 5) is 23.0. The smallest absolute Gasteiger partial charge is 0.335 e. The number of carbonyl (C=O) groups excluding carboxylic acids is 2. The monoisotopic (exact) mass is 572 g/mol. The Balaban J connectivity index is 1.53. The second-order valence-corrected chi connectivity index (χ2v) is 10.9. The summed E-state index contributed by atoms with van der Waals surface area (Å²) in [6.45, 7) is 7.36. The van der Waals surface area contributed by atoms with E-state index >= 15 is 0 Å². The third kappa shape index (κ3) is 4.31. The van der Waals surface area contributed by atoms with Crippen LogP contribution < -0.4 is 9.47 Å². The summed E-state index contributed by atoms with van der Waals surface area (Å²) in [7, 11) is 0. The van der Waals surface area contributed by atoms with Crippen LogP contribution in [0.5, 0.6) is 11.5 Å². The van der Waals surface area contributed by atoms with Gasteiger partial charge in [-0.05, 0) is 91.3 Å². The zero-order valence-corrected chi connectivity index (χ0v) is 24.0. The van der Waals surface area contributed by atoms with Crippen molar-refractivity contribution in [1.29, 1.82) is 0 Å². The summed E-state index contributed by atoms with van der Waals surface area (Å²) in [5.74, 6) is 0.590. The Morgan fingerprint density at radius 1 is 0.705 bits per heavy atom. The minimum absolute atomic E-state index is 0.128. The van der Waals surface area contributed by atoms with Gasteiger partial charge in [0.25, 0.3) is 0 Å². The highest BCUT2D eigenvalue weighted by atomic mass is 16.5. The molecule has 44 heavy (non-hydrogen) atoms. The van der Waals surface area contributed by atoms with Crippen molar-refractivity contribution in [3.05, 3.63) is 168 Å². The van der Waals surface area contributed by atoms with Gasteiger partial charge in [0, 0.05) is 11.6 Å². The summed E-state index contributed by atoms with van der Waals surface area (Å²) >= 11 is 0. The number of aldehydes is 1. The van der Waals surface area contributed by atoms with Gasteiger partial charge >= 0.3 is 5.97 Å². The molecule has 0 heterocycles. The lowest BCUT2D eigenvalue weighted by atomic mass is 9.67. The summed E-state index contributed by atoms with van der Waals surface area (Å²) in [6, 6.07) is 41.8. The van der Waals surface area contributed by atoms with Crippen LogP contribution in [0.1, 0.15) is 22.3 Å². The second-order valence-electron chi connectivity index (χ2n) is 10.9. The normalized spacial score (nSPS) is 14.9. The zero-order chi connectivity index (χ0) is 30.3. The van der Waals surface area contributed by atoms with Crippen LogP contribution in [0.15, 0.2) is 146 Å². The largest absolute Gasteiger partial charge is 0.489 e. The quantitative estimate of drug-likeness (QED) is 0.0792. The van der Waals surface area contributed by atoms with Crippen molar-refractivity contribution in [2.45, 2.75) is 5.41 Å². The van der Waals surface area contributed by atoms with E-state index in [0.717, 1.165) is 22.6 Å². The van der Waals surface area contributed by atoms with Gasteiger partial charge in [-0.15, -0.1) is 0 Å². The molecule has 0 aliphatic heterocycles. The van der Waals surface area contributed by atoms with E-state index in [1.807, 2.05) is 36.4 Å². The number of ether oxygens (including phenoxy) is 2. The molecule has 0 N–H and O–H groups in total. The topological polar surface area (TPSA) is 52.6 Å². The van der Waals surface area contributed by atoms with Crippen LogP contribution in [0.3, 0.4) is 0 Å². The lowest BCUT2D eigenvalue weighted by Gasteiger charge is -2.34. The van der Waals surface area contributed by atoms with Gasteiger partial charge in [-0.25, -0.2) is 4.79 Å². The summed E-state index contributed by atoms with van der Waals surface area (Å²) < 4.78 is 11.3. The van der Waals surface area contributed by atoms with Crippen LogP contribution in [0.25, 0.3) is 32.7 Å². The molecule has 0 fully saturated rings. The molecule has 212 valence electrons. The number of benzene rings is 6. The first-order valence-electron chi connectivity index (χ1n) is 14.4. The van der Waals surface area contributed by atoms with E-state index in [-0.39, 0.29) is 6.61 Å². The third-order valence-corrected chi connectivity index (χ3v) is 8.44. The molecule has 7 rings (SSSR count). The van der Waals surface area contributed by atoms with Crippen LogP contribution in [0.4, 0.5) is 0 Å². The fourth-order valence-corrected chi connectivity index (χ4v) is 6.51. The van der Waals surface area contributed by atoms with E-state index < -0.39 is 11.4 Å². The maximum Gasteiger partial charge on any atom is 0.335 e. The Kier molecular flexibility index (Phi) is 6.67. The molecule has 1 unspecified atom stereocenters. The van der Waals surface area contributed by atoms with Crippen LogP contribution in [0, 0.1) is 0 Å². The molecule has 1 aliphatic carbocycles. The van der Waals surface area contributed by atoms with Gasteiger partial charge in [-0.2, -0.15) is 0 Å². The van der Waals surface area contributed by atoms with Crippen molar-refractivity contribution in [2.75, 3.05) is 6.61 Å². The van der Waals surface area contributed by atoms with Crippen molar-refractivity contribution < 1.29 is 19.1 Å². The van der Waals surface area contributed by atoms with Crippen LogP contribution >= 0.6 is 0 Å². The summed E-state index contributed by atoms with van der Waals surface area (Å²) in [6.07, 6.45) is 1.86. The fourth-order valence-electron chi connectivity index (χ4n) is 6.51. The Labute approximate surface area is 255 Å². The zero-order valence-electron chi connectivity index (χ0n) is 24.0. The van der Waals surface area contributed by atoms with Crippen molar-refractivity contribution in [3.8, 4) is 22.6 Å². The molecule has 0 spiro atoms. The molecule has 0 amide bonds. The highest BCUT2D eigenvalue weighted by Crippen LogP contribution is 2.58. The Morgan fingerprint density at radius 2 is 1.32 bits per heavy atom. The number of fused-ring (bicyclic) bond motifs is 6. The number of hydrogen-bond acceptors (Lipinski definition) is 4. The molecular weight excluding hydrogens is 544 g/mol. The molecule has 4 heteroatoms. The number of esters is 1. The van der Waals surface area contributed by atoms with Crippen molar-refractivity contribution in [3.63, 3.8) is 0 Å². The molecular formula is C40H28O4. The molecule has 6 aromatic rings. The van der Waals surface area contributed by atoms with Gasteiger partial charge in [0.2, 0.25) is 0 Å². The molecule has 6 aromatic carbocycles. The first-order chi connectivity index (χ1) is 21.5. The summed E-state index contributed by atoms with van der Waals surface area (Å²) in [5, 5.41) is 4.68. The summed E-state index contributed by atoms with van der Waals surface area (Å²) in [5.41, 5.74) is 6.49. The molecule has 0 aromatic heterocycles. The lowest BCUT2D eigenvalue weighted by molar-refractivity contribution is -0.129. The van der Waals surface area contributed by atoms with Gasteiger partial charge in [0.05, 0.1) is 5.41 Å². The van der Waals surface area contributed by atoms with Gasteiger partial charge in [0.15, 0.2) is 0 Å². The first-order valence-corrected chi connectivity index (χ1v) is 14.4. The van der Waals surface area contributed by atoms with E-state index in [0.29, 0.717) is 23.4 Å². The van der Waals surface area contributed by atoms with E-state index in [9.17, 15) is 9.59 Å². The molecule has 0 radical (unpaired) electrons. The van der Waals surface area contributed by atoms with Crippen molar-refractivity contribution >= 4 is 33.8 Å². The molecule has 0 bridgehead atoms. The van der Waals surface area contributed by atoms with Gasteiger partial charge in [-0.3, -0.25) is 4.79 Å². The Hall–Kier alpha value is -5.74. The highest BCUT2D eigenvalue weighted by Gasteiger charge is 2.47. The predicted octanol–water partition coefficient (Wildman–Crippen LogP) is 8.58. The minimum Gasteiger partial charge on any atom is -0.489 e. The Bertz CT molecular complexity index is 2110. The maximum absolute atomic E-state index is 12.0. The number of rotatable bonds is 8. The molecule has 0 saturated heterocycles. The average Bonchev–Trinajstić information content (AvgIpc) is 3.37. The lowest BCUT2D eigenvalue weighted by Crippen LogP contribution is -2.28. The van der Waals surface area contributed by atoms with Gasteiger partial charge in [-0.1, -0.05) is 98.1 Å².